The van der Waals surface area contributed by atoms with Crippen molar-refractivity contribution in [2.24, 2.45) is 0 Å². The predicted molar refractivity (Wildman–Crippen MR) is 61.9 cm³/mol. The molecule has 0 saturated carbocycles. The van der Waals surface area contributed by atoms with Gasteiger partial charge in [-0.15, -0.1) is 0 Å². The van der Waals surface area contributed by atoms with Crippen LogP contribution in [-0.2, 0) is 9.53 Å². The van der Waals surface area contributed by atoms with Gasteiger partial charge in [0.1, 0.15) is 0 Å². The molecule has 1 heterocycles. The molecular weight excluding hydrogens is 240 g/mol. The highest BCUT2D eigenvalue weighted by Gasteiger charge is 2.32. The van der Waals surface area contributed by atoms with Crippen molar-refractivity contribution in [3.63, 3.8) is 0 Å². The van der Waals surface area contributed by atoms with Crippen molar-refractivity contribution in [1.82, 2.24) is 9.97 Å². The van der Waals surface area contributed by atoms with Crippen LogP contribution in [0, 0.1) is 0 Å². The van der Waals surface area contributed by atoms with E-state index >= 15 is 0 Å². The van der Waals surface area contributed by atoms with E-state index < -0.39 is 11.6 Å². The van der Waals surface area contributed by atoms with Crippen molar-refractivity contribution in [2.45, 2.75) is 19.4 Å². The van der Waals surface area contributed by atoms with Crippen LogP contribution >= 0.6 is 0 Å². The van der Waals surface area contributed by atoms with Crippen LogP contribution < -0.4 is 14.2 Å². The van der Waals surface area contributed by atoms with Gasteiger partial charge in [-0.05, 0) is 13.8 Å². The summed E-state index contributed by atoms with van der Waals surface area (Å²) >= 11 is 0. The Balaban J connectivity index is 2.99. The van der Waals surface area contributed by atoms with Gasteiger partial charge in [-0.3, -0.25) is 0 Å². The molecule has 0 N–H and O–H groups in total. The van der Waals surface area contributed by atoms with E-state index in [2.05, 4.69) is 14.7 Å². The zero-order valence-electron chi connectivity index (χ0n) is 11.0. The minimum atomic E-state index is -1.20. The SMILES string of the molecule is COC(=O)C(C)(C)Oc1nc(OC)cc(OC)n1. The van der Waals surface area contributed by atoms with Gasteiger partial charge in [0.25, 0.3) is 0 Å². The number of hydrogen-bond donors (Lipinski definition) is 0. The largest absolute Gasteiger partial charge is 0.481 e. The summed E-state index contributed by atoms with van der Waals surface area (Å²) in [5, 5.41) is 0. The maximum Gasteiger partial charge on any atom is 0.349 e. The molecule has 0 fully saturated rings. The highest BCUT2D eigenvalue weighted by Crippen LogP contribution is 2.22. The molecule has 1 rings (SSSR count). The topological polar surface area (TPSA) is 79.8 Å². The second kappa shape index (κ2) is 5.52. The summed E-state index contributed by atoms with van der Waals surface area (Å²) in [7, 11) is 4.19. The second-order valence-electron chi connectivity index (χ2n) is 3.84. The highest BCUT2D eigenvalue weighted by atomic mass is 16.6. The molecule has 0 aliphatic rings. The summed E-state index contributed by atoms with van der Waals surface area (Å²) in [6.45, 7) is 3.10. The molecule has 0 atom stereocenters. The third-order valence-electron chi connectivity index (χ3n) is 2.10. The molecule has 0 unspecified atom stereocenters. The van der Waals surface area contributed by atoms with Crippen LogP contribution in [0.5, 0.6) is 17.8 Å². The molecule has 7 heteroatoms. The molecule has 1 aromatic heterocycles. The van der Waals surface area contributed by atoms with Gasteiger partial charge in [0.15, 0.2) is 0 Å². The summed E-state index contributed by atoms with van der Waals surface area (Å²) in [6, 6.07) is 1.47. The van der Waals surface area contributed by atoms with E-state index in [1.807, 2.05) is 0 Å². The first-order valence-electron chi connectivity index (χ1n) is 5.17. The van der Waals surface area contributed by atoms with Crippen molar-refractivity contribution < 1.29 is 23.7 Å². The van der Waals surface area contributed by atoms with Crippen LogP contribution in [0.4, 0.5) is 0 Å². The first-order valence-corrected chi connectivity index (χ1v) is 5.17. The third-order valence-corrected chi connectivity index (χ3v) is 2.10. The van der Waals surface area contributed by atoms with Gasteiger partial charge in [0, 0.05) is 0 Å². The minimum absolute atomic E-state index is 0.0263. The first kappa shape index (κ1) is 14.0. The van der Waals surface area contributed by atoms with Gasteiger partial charge in [0.2, 0.25) is 17.4 Å². The van der Waals surface area contributed by atoms with Crippen LogP contribution in [0.25, 0.3) is 0 Å². The monoisotopic (exact) mass is 256 g/mol. The van der Waals surface area contributed by atoms with E-state index in [1.165, 1.54) is 27.4 Å². The van der Waals surface area contributed by atoms with Gasteiger partial charge in [-0.25, -0.2) is 4.79 Å². The van der Waals surface area contributed by atoms with Gasteiger partial charge >= 0.3 is 12.0 Å². The molecule has 0 saturated heterocycles. The number of rotatable bonds is 5. The number of carbonyl (C=O) groups is 1. The van der Waals surface area contributed by atoms with Gasteiger partial charge in [0.05, 0.1) is 27.4 Å². The molecule has 7 nitrogen and oxygen atoms in total. The summed E-state index contributed by atoms with van der Waals surface area (Å²) < 4.78 is 19.9. The lowest BCUT2D eigenvalue weighted by atomic mass is 10.1. The summed E-state index contributed by atoms with van der Waals surface area (Å²) in [5.41, 5.74) is -1.20. The average molecular weight is 256 g/mol. The van der Waals surface area contributed by atoms with Crippen LogP contribution in [-0.4, -0.2) is 42.9 Å². The first-order chi connectivity index (χ1) is 8.42. The molecule has 0 spiro atoms. The lowest BCUT2D eigenvalue weighted by Gasteiger charge is -2.22. The Bertz CT molecular complexity index is 411. The maximum absolute atomic E-state index is 11.5. The summed E-state index contributed by atoms with van der Waals surface area (Å²) in [4.78, 5) is 19.4. The molecule has 0 radical (unpaired) electrons. The predicted octanol–water partition coefficient (Wildman–Crippen LogP) is 0.824. The van der Waals surface area contributed by atoms with Crippen LogP contribution in [0.1, 0.15) is 13.8 Å². The number of nitrogens with zero attached hydrogens (tertiary/aromatic N) is 2. The Hall–Kier alpha value is -2.05. The molecule has 18 heavy (non-hydrogen) atoms. The Kier molecular flexibility index (Phi) is 4.30. The van der Waals surface area contributed by atoms with Gasteiger partial charge < -0.3 is 18.9 Å². The zero-order valence-corrected chi connectivity index (χ0v) is 11.0. The number of hydrogen-bond acceptors (Lipinski definition) is 7. The maximum atomic E-state index is 11.5. The molecule has 0 bridgehead atoms. The molecule has 0 aliphatic carbocycles. The van der Waals surface area contributed by atoms with Crippen molar-refractivity contribution >= 4 is 5.97 Å². The van der Waals surface area contributed by atoms with E-state index in [0.29, 0.717) is 0 Å². The standard InChI is InChI=1S/C11H16N2O5/c1-11(2,9(14)17-5)18-10-12-7(15-3)6-8(13-10)16-4/h6H,1-5H3. The number of ether oxygens (including phenoxy) is 4. The summed E-state index contributed by atoms with van der Waals surface area (Å²) in [5.74, 6) is 0.0166. The molecule has 0 amide bonds. The molecule has 0 aliphatic heterocycles. The fourth-order valence-electron chi connectivity index (χ4n) is 1.15. The van der Waals surface area contributed by atoms with Crippen LogP contribution in [0.15, 0.2) is 6.07 Å². The zero-order chi connectivity index (χ0) is 13.8. The molecular formula is C11H16N2O5. The van der Waals surface area contributed by atoms with E-state index in [1.54, 1.807) is 13.8 Å². The van der Waals surface area contributed by atoms with Crippen molar-refractivity contribution in [3.05, 3.63) is 6.07 Å². The fraction of sp³-hybridized carbons (Fsp3) is 0.545. The van der Waals surface area contributed by atoms with Crippen molar-refractivity contribution in [3.8, 4) is 17.8 Å². The van der Waals surface area contributed by atoms with E-state index in [0.717, 1.165) is 0 Å². The summed E-state index contributed by atoms with van der Waals surface area (Å²) in [6.07, 6.45) is 0. The lowest BCUT2D eigenvalue weighted by molar-refractivity contribution is -0.156. The Morgan fingerprint density at radius 3 is 2.00 bits per heavy atom. The highest BCUT2D eigenvalue weighted by molar-refractivity contribution is 5.78. The molecule has 1 aromatic rings. The lowest BCUT2D eigenvalue weighted by Crippen LogP contribution is -2.39. The van der Waals surface area contributed by atoms with Gasteiger partial charge in [-0.2, -0.15) is 9.97 Å². The van der Waals surface area contributed by atoms with E-state index in [-0.39, 0.29) is 17.8 Å². The van der Waals surface area contributed by atoms with Gasteiger partial charge in [-0.1, -0.05) is 0 Å². The quantitative estimate of drug-likeness (QED) is 0.721. The number of methoxy groups -OCH3 is 3. The fourth-order valence-corrected chi connectivity index (χ4v) is 1.15. The molecule has 100 valence electrons. The molecule has 0 aromatic carbocycles. The minimum Gasteiger partial charge on any atom is -0.481 e. The van der Waals surface area contributed by atoms with Crippen LogP contribution in [0.3, 0.4) is 0 Å². The average Bonchev–Trinajstić information content (AvgIpc) is 2.36. The van der Waals surface area contributed by atoms with Crippen molar-refractivity contribution in [1.29, 1.82) is 0 Å². The number of esters is 1. The van der Waals surface area contributed by atoms with E-state index in [9.17, 15) is 4.79 Å². The Morgan fingerprint density at radius 2 is 1.61 bits per heavy atom. The Morgan fingerprint density at radius 1 is 1.11 bits per heavy atom. The Labute approximate surface area is 105 Å². The third kappa shape index (κ3) is 3.22. The number of aromatic nitrogens is 2. The normalized spacial score (nSPS) is 10.7. The number of carbonyl (C=O) groups excluding carboxylic acids is 1. The smallest absolute Gasteiger partial charge is 0.349 e. The van der Waals surface area contributed by atoms with Crippen molar-refractivity contribution in [2.75, 3.05) is 21.3 Å². The van der Waals surface area contributed by atoms with E-state index in [4.69, 9.17) is 14.2 Å². The van der Waals surface area contributed by atoms with Crippen LogP contribution in [0.2, 0.25) is 0 Å². The second-order valence-corrected chi connectivity index (χ2v) is 3.84.